The van der Waals surface area contributed by atoms with Crippen molar-refractivity contribution in [2.45, 2.75) is 39.2 Å². The summed E-state index contributed by atoms with van der Waals surface area (Å²) < 4.78 is 16.9. The van der Waals surface area contributed by atoms with Gasteiger partial charge in [-0.1, -0.05) is 25.5 Å². The molecule has 3 heterocycles. The van der Waals surface area contributed by atoms with Crippen molar-refractivity contribution in [3.63, 3.8) is 0 Å². The quantitative estimate of drug-likeness (QED) is 0.321. The van der Waals surface area contributed by atoms with Crippen LogP contribution in [0, 0.1) is 6.92 Å². The van der Waals surface area contributed by atoms with Crippen LogP contribution in [0.25, 0.3) is 10.9 Å². The topological polar surface area (TPSA) is 103 Å². The molecule has 9 nitrogen and oxygen atoms in total. The minimum absolute atomic E-state index is 0.141. The molecule has 3 aromatic rings. The van der Waals surface area contributed by atoms with E-state index in [1.807, 2.05) is 31.3 Å². The van der Waals surface area contributed by atoms with Crippen molar-refractivity contribution in [2.24, 2.45) is 0 Å². The summed E-state index contributed by atoms with van der Waals surface area (Å²) in [5.41, 5.74) is 2.50. The van der Waals surface area contributed by atoms with Crippen LogP contribution in [0.4, 0.5) is 4.79 Å². The molecule has 4 rings (SSSR count). The largest absolute Gasteiger partial charge is 0.490 e. The van der Waals surface area contributed by atoms with Crippen LogP contribution in [-0.4, -0.2) is 60.3 Å². The lowest BCUT2D eigenvalue weighted by atomic mass is 9.93. The molecule has 1 aliphatic heterocycles. The van der Waals surface area contributed by atoms with E-state index in [4.69, 9.17) is 14.2 Å². The molecule has 0 saturated carbocycles. The van der Waals surface area contributed by atoms with Gasteiger partial charge in [-0.05, 0) is 38.0 Å². The first-order valence-electron chi connectivity index (χ1n) is 12.1. The first-order valence-corrected chi connectivity index (χ1v) is 12.1. The van der Waals surface area contributed by atoms with Crippen LogP contribution in [0.1, 0.15) is 37.0 Å². The van der Waals surface area contributed by atoms with Gasteiger partial charge in [-0.15, -0.1) is 0 Å². The summed E-state index contributed by atoms with van der Waals surface area (Å²) in [7, 11) is 1.52. The predicted molar refractivity (Wildman–Crippen MR) is 135 cm³/mol. The molecule has 0 radical (unpaired) electrons. The van der Waals surface area contributed by atoms with Crippen LogP contribution < -0.4 is 14.8 Å². The third-order valence-electron chi connectivity index (χ3n) is 6.37. The maximum absolute atomic E-state index is 13.0. The second kappa shape index (κ2) is 10.9. The maximum atomic E-state index is 13.0. The van der Waals surface area contributed by atoms with Gasteiger partial charge in [0, 0.05) is 35.0 Å². The van der Waals surface area contributed by atoms with Crippen LogP contribution in [-0.2, 0) is 21.5 Å². The predicted octanol–water partition coefficient (Wildman–Crippen LogP) is 3.76. The number of methoxy groups -OCH3 is 1. The third kappa shape index (κ3) is 4.97. The molecule has 0 bridgehead atoms. The Bertz CT molecular complexity index is 1250. The van der Waals surface area contributed by atoms with Crippen LogP contribution in [0.3, 0.4) is 0 Å². The number of para-hydroxylation sites is 1. The average molecular weight is 493 g/mol. The monoisotopic (exact) mass is 492 g/mol. The number of amides is 3. The van der Waals surface area contributed by atoms with Crippen molar-refractivity contribution in [2.75, 3.05) is 33.5 Å². The number of nitrogens with one attached hydrogen (secondary N) is 1. The number of carbonyl (C=O) groups excluding carboxylic acids is 2. The van der Waals surface area contributed by atoms with Gasteiger partial charge in [0.25, 0.3) is 5.91 Å². The lowest BCUT2D eigenvalue weighted by molar-refractivity contribution is -0.131. The van der Waals surface area contributed by atoms with E-state index in [1.54, 1.807) is 19.1 Å². The van der Waals surface area contributed by atoms with E-state index in [9.17, 15) is 9.59 Å². The van der Waals surface area contributed by atoms with Gasteiger partial charge in [-0.3, -0.25) is 14.7 Å². The summed E-state index contributed by atoms with van der Waals surface area (Å²) in [6, 6.07) is 8.99. The molecule has 2 aromatic heterocycles. The third-order valence-corrected chi connectivity index (χ3v) is 6.37. The lowest BCUT2D eigenvalue weighted by Crippen LogP contribution is -2.41. The smallest absolute Gasteiger partial charge is 0.325 e. The van der Waals surface area contributed by atoms with E-state index in [1.165, 1.54) is 18.2 Å². The van der Waals surface area contributed by atoms with E-state index < -0.39 is 11.6 Å². The number of hydrogen-bond acceptors (Lipinski definition) is 7. The van der Waals surface area contributed by atoms with E-state index >= 15 is 0 Å². The molecule has 9 heteroatoms. The molecule has 3 amide bonds. The molecule has 0 spiro atoms. The Morgan fingerprint density at radius 3 is 2.61 bits per heavy atom. The van der Waals surface area contributed by atoms with Crippen molar-refractivity contribution in [3.05, 3.63) is 59.4 Å². The molecular weight excluding hydrogens is 460 g/mol. The van der Waals surface area contributed by atoms with Gasteiger partial charge in [0.15, 0.2) is 0 Å². The maximum Gasteiger partial charge on any atom is 0.325 e. The summed E-state index contributed by atoms with van der Waals surface area (Å²) in [5.74, 6) is 0.928. The first-order chi connectivity index (χ1) is 17.4. The molecule has 1 aromatic carbocycles. The zero-order chi connectivity index (χ0) is 25.7. The number of benzene rings is 1. The number of fused-ring (bicyclic) bond motifs is 1. The fourth-order valence-corrected chi connectivity index (χ4v) is 4.36. The Balaban J connectivity index is 1.32. The van der Waals surface area contributed by atoms with Gasteiger partial charge in [-0.25, -0.2) is 9.78 Å². The minimum Gasteiger partial charge on any atom is -0.490 e. The highest BCUT2D eigenvalue weighted by Crippen LogP contribution is 2.31. The summed E-state index contributed by atoms with van der Waals surface area (Å²) >= 11 is 0. The van der Waals surface area contributed by atoms with Gasteiger partial charge >= 0.3 is 6.03 Å². The van der Waals surface area contributed by atoms with Crippen LogP contribution in [0.2, 0.25) is 0 Å². The van der Waals surface area contributed by atoms with Crippen molar-refractivity contribution in [3.8, 4) is 11.6 Å². The molecule has 1 N–H and O–H groups in total. The summed E-state index contributed by atoms with van der Waals surface area (Å²) in [6.45, 7) is 6.84. The van der Waals surface area contributed by atoms with Crippen LogP contribution >= 0.6 is 0 Å². The van der Waals surface area contributed by atoms with Gasteiger partial charge in [0.2, 0.25) is 5.88 Å². The SMILES string of the molecule is CCCc1cnc2c(C)cccc2c1OCCOCCN1C(=O)NC(C)(c2ccc(OC)nc2)C1=O. The fraction of sp³-hybridized carbons (Fsp3) is 0.407. The number of ether oxygens (including phenoxy) is 3. The van der Waals surface area contributed by atoms with E-state index in [0.29, 0.717) is 24.7 Å². The minimum atomic E-state index is -1.18. The van der Waals surface area contributed by atoms with Gasteiger partial charge in [0.05, 0.1) is 32.4 Å². The molecule has 1 unspecified atom stereocenters. The zero-order valence-corrected chi connectivity index (χ0v) is 21.2. The number of aryl methyl sites for hydroxylation is 2. The fourth-order valence-electron chi connectivity index (χ4n) is 4.36. The molecule has 1 fully saturated rings. The molecule has 1 aliphatic rings. The number of urea groups is 1. The Morgan fingerprint density at radius 2 is 1.89 bits per heavy atom. The number of rotatable bonds is 11. The Hall–Kier alpha value is -3.72. The summed E-state index contributed by atoms with van der Waals surface area (Å²) in [4.78, 5) is 35.5. The lowest BCUT2D eigenvalue weighted by Gasteiger charge is -2.22. The highest BCUT2D eigenvalue weighted by molar-refractivity contribution is 6.07. The normalized spacial score (nSPS) is 17.5. The molecule has 1 atom stereocenters. The van der Waals surface area contributed by atoms with Crippen molar-refractivity contribution >= 4 is 22.8 Å². The van der Waals surface area contributed by atoms with Crippen LogP contribution in [0.15, 0.2) is 42.7 Å². The molecular formula is C27H32N4O5. The highest BCUT2D eigenvalue weighted by atomic mass is 16.5. The Labute approximate surface area is 210 Å². The number of aromatic nitrogens is 2. The second-order valence-corrected chi connectivity index (χ2v) is 8.90. The number of imide groups is 1. The van der Waals surface area contributed by atoms with Crippen molar-refractivity contribution in [1.82, 2.24) is 20.2 Å². The number of pyridine rings is 2. The van der Waals surface area contributed by atoms with E-state index in [2.05, 4.69) is 22.2 Å². The average Bonchev–Trinajstić information content (AvgIpc) is 3.10. The highest BCUT2D eigenvalue weighted by Gasteiger charge is 2.49. The zero-order valence-electron chi connectivity index (χ0n) is 21.2. The van der Waals surface area contributed by atoms with Crippen molar-refractivity contribution in [1.29, 1.82) is 0 Å². The van der Waals surface area contributed by atoms with E-state index in [-0.39, 0.29) is 19.1 Å². The molecule has 190 valence electrons. The standard InChI is InChI=1S/C27H32N4O5/c1-5-7-19-16-29-23-18(2)8-6-9-21(23)24(19)36-15-14-35-13-12-31-25(32)27(3,30-26(31)33)20-10-11-22(34-4)28-17-20/h6,8-11,16-17H,5,7,12-15H2,1-4H3,(H,30,33). The van der Waals surface area contributed by atoms with Gasteiger partial charge in [0.1, 0.15) is 17.9 Å². The Morgan fingerprint density at radius 1 is 1.06 bits per heavy atom. The number of carbonyl (C=O) groups is 2. The van der Waals surface area contributed by atoms with E-state index in [0.717, 1.165) is 40.6 Å². The molecule has 0 aliphatic carbocycles. The number of hydrogen-bond donors (Lipinski definition) is 1. The molecule has 36 heavy (non-hydrogen) atoms. The Kier molecular flexibility index (Phi) is 7.69. The second-order valence-electron chi connectivity index (χ2n) is 8.90. The van der Waals surface area contributed by atoms with Gasteiger partial charge < -0.3 is 19.5 Å². The van der Waals surface area contributed by atoms with Crippen LogP contribution in [0.5, 0.6) is 11.6 Å². The summed E-state index contributed by atoms with van der Waals surface area (Å²) in [5, 5.41) is 3.76. The first kappa shape index (κ1) is 25.4. The van der Waals surface area contributed by atoms with Gasteiger partial charge in [-0.2, -0.15) is 0 Å². The number of nitrogens with zero attached hydrogens (tertiary/aromatic N) is 3. The summed E-state index contributed by atoms with van der Waals surface area (Å²) in [6.07, 6.45) is 5.29. The van der Waals surface area contributed by atoms with Crippen molar-refractivity contribution < 1.29 is 23.8 Å². The molecule has 1 saturated heterocycles.